The number of amides is 1. The van der Waals surface area contributed by atoms with E-state index >= 15 is 0 Å². The number of rotatable bonds is 5. The summed E-state index contributed by atoms with van der Waals surface area (Å²) in [7, 11) is 0. The van der Waals surface area contributed by atoms with Gasteiger partial charge in [-0.2, -0.15) is 0 Å². The minimum absolute atomic E-state index is 0.356. The van der Waals surface area contributed by atoms with Crippen molar-refractivity contribution in [3.8, 4) is 5.75 Å². The predicted octanol–water partition coefficient (Wildman–Crippen LogP) is 2.43. The van der Waals surface area contributed by atoms with Gasteiger partial charge >= 0.3 is 0 Å². The summed E-state index contributed by atoms with van der Waals surface area (Å²) in [5, 5.41) is 14.6. The Hall–Kier alpha value is -2.38. The van der Waals surface area contributed by atoms with Gasteiger partial charge in [-0.15, -0.1) is 16.4 Å². The van der Waals surface area contributed by atoms with E-state index in [4.69, 9.17) is 16.0 Å². The number of hydrogen-bond acceptors (Lipinski definition) is 5. The molecular formula is C16H18N4O2S. The van der Waals surface area contributed by atoms with Gasteiger partial charge in [-0.1, -0.05) is 6.07 Å². The molecule has 1 amide bonds. The first-order valence-corrected chi connectivity index (χ1v) is 8.25. The van der Waals surface area contributed by atoms with Crippen LogP contribution in [0.25, 0.3) is 0 Å². The largest absolute Gasteiger partial charge is 0.405 e. The molecule has 1 atom stereocenters. The molecule has 0 saturated carbocycles. The molecule has 1 aromatic carbocycles. The van der Waals surface area contributed by atoms with Crippen LogP contribution in [0.1, 0.15) is 17.7 Å². The number of amidine groups is 1. The molecule has 1 saturated heterocycles. The molecule has 2 aromatic rings. The zero-order valence-corrected chi connectivity index (χ0v) is 13.3. The SMILES string of the molecule is N=C(Nc1ccc(ON2CCCC2C(N)=O)cc1)c1cccs1. The zero-order valence-electron chi connectivity index (χ0n) is 12.5. The first kappa shape index (κ1) is 15.5. The summed E-state index contributed by atoms with van der Waals surface area (Å²) < 4.78 is 0. The molecule has 1 aliphatic heterocycles. The standard InChI is InChI=1S/C16H18N4O2S/c17-15(14-4-2-10-23-14)19-11-5-7-12(8-6-11)22-20-9-1-3-13(20)16(18)21/h2,4-8,10,13H,1,3,9H2,(H2,17,19)(H2,18,21). The van der Waals surface area contributed by atoms with Crippen molar-refractivity contribution in [1.29, 1.82) is 5.41 Å². The number of hydroxylamine groups is 2. The molecule has 6 nitrogen and oxygen atoms in total. The van der Waals surface area contributed by atoms with E-state index in [1.165, 1.54) is 11.3 Å². The Kier molecular flexibility index (Phi) is 4.59. The zero-order chi connectivity index (χ0) is 16.2. The molecule has 2 heterocycles. The van der Waals surface area contributed by atoms with Crippen molar-refractivity contribution in [1.82, 2.24) is 5.06 Å². The fourth-order valence-electron chi connectivity index (χ4n) is 2.50. The van der Waals surface area contributed by atoms with Crippen molar-refractivity contribution < 1.29 is 9.63 Å². The highest BCUT2D eigenvalue weighted by molar-refractivity contribution is 7.12. The van der Waals surface area contributed by atoms with E-state index in [0.717, 1.165) is 23.4 Å². The fraction of sp³-hybridized carbons (Fsp3) is 0.250. The maximum atomic E-state index is 11.4. The van der Waals surface area contributed by atoms with Gasteiger partial charge in [0.1, 0.15) is 17.6 Å². The van der Waals surface area contributed by atoms with Gasteiger partial charge in [-0.05, 0) is 48.6 Å². The third-order valence-corrected chi connectivity index (χ3v) is 4.53. The van der Waals surface area contributed by atoms with E-state index in [9.17, 15) is 4.79 Å². The van der Waals surface area contributed by atoms with Gasteiger partial charge in [0.25, 0.3) is 0 Å². The first-order chi connectivity index (χ1) is 11.1. The Morgan fingerprint density at radius 2 is 2.13 bits per heavy atom. The number of carbonyl (C=O) groups is 1. The molecule has 0 aliphatic carbocycles. The number of carbonyl (C=O) groups excluding carboxylic acids is 1. The van der Waals surface area contributed by atoms with Crippen LogP contribution in [0.15, 0.2) is 41.8 Å². The smallest absolute Gasteiger partial charge is 0.238 e. The van der Waals surface area contributed by atoms with E-state index in [0.29, 0.717) is 18.1 Å². The highest BCUT2D eigenvalue weighted by Crippen LogP contribution is 2.22. The van der Waals surface area contributed by atoms with Crippen LogP contribution in [0.5, 0.6) is 5.75 Å². The van der Waals surface area contributed by atoms with Crippen molar-refractivity contribution in [3.05, 3.63) is 46.7 Å². The van der Waals surface area contributed by atoms with Crippen molar-refractivity contribution in [2.75, 3.05) is 11.9 Å². The second-order valence-corrected chi connectivity index (χ2v) is 6.24. The van der Waals surface area contributed by atoms with Gasteiger partial charge in [0, 0.05) is 12.2 Å². The summed E-state index contributed by atoms with van der Waals surface area (Å²) in [5.41, 5.74) is 6.18. The van der Waals surface area contributed by atoms with Crippen LogP contribution in [-0.4, -0.2) is 29.4 Å². The predicted molar refractivity (Wildman–Crippen MR) is 90.8 cm³/mol. The van der Waals surface area contributed by atoms with Gasteiger partial charge < -0.3 is 15.9 Å². The normalized spacial score (nSPS) is 17.8. The van der Waals surface area contributed by atoms with Crippen molar-refractivity contribution >= 4 is 28.8 Å². The number of thiophene rings is 1. The molecule has 1 fully saturated rings. The van der Waals surface area contributed by atoms with Crippen LogP contribution in [0.4, 0.5) is 5.69 Å². The molecule has 0 radical (unpaired) electrons. The number of anilines is 1. The number of nitrogens with zero attached hydrogens (tertiary/aromatic N) is 1. The van der Waals surface area contributed by atoms with Crippen LogP contribution in [-0.2, 0) is 4.79 Å². The maximum Gasteiger partial charge on any atom is 0.238 e. The summed E-state index contributed by atoms with van der Waals surface area (Å²) >= 11 is 1.52. The Labute approximate surface area is 138 Å². The van der Waals surface area contributed by atoms with E-state index in [1.54, 1.807) is 17.2 Å². The number of primary amides is 1. The molecule has 1 aromatic heterocycles. The molecule has 0 spiro atoms. The number of nitrogens with two attached hydrogens (primary N) is 1. The number of nitrogens with one attached hydrogen (secondary N) is 2. The van der Waals surface area contributed by atoms with Gasteiger partial charge in [0.05, 0.1) is 4.88 Å². The minimum atomic E-state index is -0.361. The van der Waals surface area contributed by atoms with E-state index < -0.39 is 0 Å². The summed E-state index contributed by atoms with van der Waals surface area (Å²) in [5.74, 6) is 0.651. The fourth-order valence-corrected chi connectivity index (χ4v) is 3.12. The van der Waals surface area contributed by atoms with Crippen LogP contribution in [0, 0.1) is 5.41 Å². The van der Waals surface area contributed by atoms with E-state index in [1.807, 2.05) is 29.6 Å². The van der Waals surface area contributed by atoms with Gasteiger partial charge in [-0.3, -0.25) is 10.2 Å². The Morgan fingerprint density at radius 3 is 2.78 bits per heavy atom. The Bertz CT molecular complexity index is 685. The number of hydrogen-bond donors (Lipinski definition) is 3. The highest BCUT2D eigenvalue weighted by atomic mass is 32.1. The Balaban J connectivity index is 1.61. The molecule has 1 unspecified atom stereocenters. The van der Waals surface area contributed by atoms with Crippen molar-refractivity contribution in [2.45, 2.75) is 18.9 Å². The first-order valence-electron chi connectivity index (χ1n) is 7.37. The average molecular weight is 330 g/mol. The average Bonchev–Trinajstić information content (AvgIpc) is 3.20. The lowest BCUT2D eigenvalue weighted by molar-refractivity contribution is -0.135. The van der Waals surface area contributed by atoms with E-state index in [2.05, 4.69) is 5.32 Å². The molecule has 0 bridgehead atoms. The maximum absolute atomic E-state index is 11.4. The molecular weight excluding hydrogens is 312 g/mol. The minimum Gasteiger partial charge on any atom is -0.405 e. The summed E-state index contributed by atoms with van der Waals surface area (Å²) in [6, 6.07) is 10.7. The molecule has 4 N–H and O–H groups in total. The van der Waals surface area contributed by atoms with Crippen molar-refractivity contribution in [3.63, 3.8) is 0 Å². The van der Waals surface area contributed by atoms with Gasteiger partial charge in [0.2, 0.25) is 5.91 Å². The molecule has 1 aliphatic rings. The monoisotopic (exact) mass is 330 g/mol. The lowest BCUT2D eigenvalue weighted by atomic mass is 10.2. The lowest BCUT2D eigenvalue weighted by Crippen LogP contribution is -2.42. The number of benzene rings is 1. The van der Waals surface area contributed by atoms with Crippen molar-refractivity contribution in [2.24, 2.45) is 5.73 Å². The van der Waals surface area contributed by atoms with Crippen LogP contribution in [0.3, 0.4) is 0 Å². The molecule has 3 rings (SSSR count). The molecule has 120 valence electrons. The third kappa shape index (κ3) is 3.69. The Morgan fingerprint density at radius 1 is 1.35 bits per heavy atom. The summed E-state index contributed by atoms with van der Waals surface area (Å²) in [4.78, 5) is 18.0. The molecule has 23 heavy (non-hydrogen) atoms. The third-order valence-electron chi connectivity index (χ3n) is 3.65. The van der Waals surface area contributed by atoms with Gasteiger partial charge in [0.15, 0.2) is 0 Å². The van der Waals surface area contributed by atoms with Crippen LogP contribution in [0.2, 0.25) is 0 Å². The second-order valence-electron chi connectivity index (χ2n) is 5.29. The second kappa shape index (κ2) is 6.80. The van der Waals surface area contributed by atoms with E-state index in [-0.39, 0.29) is 11.9 Å². The quantitative estimate of drug-likeness (QED) is 0.580. The molecule has 7 heteroatoms. The summed E-state index contributed by atoms with van der Waals surface area (Å²) in [6.07, 6.45) is 1.62. The van der Waals surface area contributed by atoms with Crippen LogP contribution >= 0.6 is 11.3 Å². The lowest BCUT2D eigenvalue weighted by Gasteiger charge is -2.22. The van der Waals surface area contributed by atoms with Crippen LogP contribution < -0.4 is 15.9 Å². The summed E-state index contributed by atoms with van der Waals surface area (Å²) in [6.45, 7) is 0.691. The topological polar surface area (TPSA) is 91.4 Å². The van der Waals surface area contributed by atoms with Gasteiger partial charge in [-0.25, -0.2) is 0 Å². The highest BCUT2D eigenvalue weighted by Gasteiger charge is 2.30.